The maximum Gasteiger partial charge on any atom is 0.239 e. The van der Waals surface area contributed by atoms with Gasteiger partial charge in [-0.25, -0.2) is 0 Å². The molecule has 2 fully saturated rings. The van der Waals surface area contributed by atoms with Gasteiger partial charge in [0.2, 0.25) is 11.8 Å². The number of hydrogen-bond acceptors (Lipinski definition) is 4. The number of fused-ring (bicyclic) bond motifs is 4. The van der Waals surface area contributed by atoms with Gasteiger partial charge in [0.25, 0.3) is 0 Å². The summed E-state index contributed by atoms with van der Waals surface area (Å²) in [5, 5.41) is 6.87. The summed E-state index contributed by atoms with van der Waals surface area (Å²) < 4.78 is 6.06. The molecule has 2 amide bonds. The minimum Gasteiger partial charge on any atom is -0.457 e. The summed E-state index contributed by atoms with van der Waals surface area (Å²) >= 11 is 6.05. The fraction of sp³-hybridized carbons (Fsp3) is 0.355. The first-order valence-corrected chi connectivity index (χ1v) is 13.7. The van der Waals surface area contributed by atoms with E-state index in [0.717, 1.165) is 48.4 Å². The van der Waals surface area contributed by atoms with Crippen molar-refractivity contribution < 1.29 is 14.3 Å². The molecule has 6 nitrogen and oxygen atoms in total. The molecule has 0 aliphatic carbocycles. The predicted molar refractivity (Wildman–Crippen MR) is 147 cm³/mol. The highest BCUT2D eigenvalue weighted by Gasteiger charge is 2.45. The van der Waals surface area contributed by atoms with Gasteiger partial charge in [0.1, 0.15) is 16.9 Å². The molecule has 0 radical (unpaired) electrons. The van der Waals surface area contributed by atoms with Gasteiger partial charge in [0.15, 0.2) is 0 Å². The van der Waals surface area contributed by atoms with Crippen LogP contribution in [-0.4, -0.2) is 41.4 Å². The first-order chi connectivity index (χ1) is 18.4. The molecule has 38 heavy (non-hydrogen) atoms. The molecule has 2 saturated heterocycles. The van der Waals surface area contributed by atoms with Crippen molar-refractivity contribution in [2.24, 2.45) is 0 Å². The molecule has 3 aromatic rings. The quantitative estimate of drug-likeness (QED) is 0.461. The van der Waals surface area contributed by atoms with Crippen LogP contribution in [0.15, 0.2) is 72.8 Å². The van der Waals surface area contributed by atoms with Crippen LogP contribution >= 0.6 is 11.6 Å². The van der Waals surface area contributed by atoms with Crippen molar-refractivity contribution in [3.63, 3.8) is 0 Å². The molecular weight excluding hydrogens is 498 g/mol. The van der Waals surface area contributed by atoms with Gasteiger partial charge >= 0.3 is 0 Å². The van der Waals surface area contributed by atoms with Crippen molar-refractivity contribution in [1.29, 1.82) is 0 Å². The van der Waals surface area contributed by atoms with E-state index in [1.165, 1.54) is 5.56 Å². The van der Waals surface area contributed by atoms with Crippen LogP contribution in [0.25, 0.3) is 0 Å². The van der Waals surface area contributed by atoms with Gasteiger partial charge in [-0.05, 0) is 62.4 Å². The number of halogens is 1. The molecule has 3 aliphatic heterocycles. The van der Waals surface area contributed by atoms with Crippen LogP contribution in [0.5, 0.6) is 11.5 Å². The van der Waals surface area contributed by atoms with Crippen LogP contribution in [0.3, 0.4) is 0 Å². The van der Waals surface area contributed by atoms with Crippen molar-refractivity contribution in [2.45, 2.75) is 62.7 Å². The Balaban J connectivity index is 1.08. The third-order valence-electron chi connectivity index (χ3n) is 8.46. The van der Waals surface area contributed by atoms with Gasteiger partial charge in [-0.15, -0.1) is 0 Å². The number of nitrogens with one attached hydrogen (secondary N) is 2. The monoisotopic (exact) mass is 529 g/mol. The molecule has 2 N–H and O–H groups in total. The number of carbonyl (C=O) groups excluding carboxylic acids is 2. The normalized spacial score (nSPS) is 23.1. The number of carbonyl (C=O) groups is 2. The van der Waals surface area contributed by atoms with Crippen LogP contribution < -0.4 is 15.4 Å². The third kappa shape index (κ3) is 4.56. The van der Waals surface area contributed by atoms with E-state index >= 15 is 0 Å². The van der Waals surface area contributed by atoms with Crippen molar-refractivity contribution in [2.75, 3.05) is 6.54 Å². The van der Waals surface area contributed by atoms with E-state index in [4.69, 9.17) is 16.3 Å². The van der Waals surface area contributed by atoms with E-state index in [1.54, 1.807) is 0 Å². The lowest BCUT2D eigenvalue weighted by atomic mass is 9.73. The number of nitrogens with zero attached hydrogens (tertiary/aromatic N) is 1. The zero-order chi connectivity index (χ0) is 26.3. The van der Waals surface area contributed by atoms with Crippen LogP contribution in [0.4, 0.5) is 0 Å². The Hall–Kier alpha value is -3.35. The highest BCUT2D eigenvalue weighted by atomic mass is 35.5. The SMILES string of the molecule is CC1(C(=O)NCC(=O)NC2C[C@H]3CC[C@H](C2)N3Cc2ccc(Cl)cc2)c2ccccc2Oc2ccccc21. The van der Waals surface area contributed by atoms with Gasteiger partial charge in [0, 0.05) is 40.8 Å². The standard InChI is InChI=1S/C31H32ClN3O3/c1-31(25-6-2-4-8-27(25)38-28-9-5-3-7-26(28)31)30(37)33-18-29(36)34-22-16-23-14-15-24(17-22)35(23)19-20-10-12-21(32)13-11-20/h2-13,22-24H,14-19H2,1H3,(H,33,37)(H,34,36)/t23-,24-/m1/s1. The molecule has 2 bridgehead atoms. The summed E-state index contributed by atoms with van der Waals surface area (Å²) in [5.74, 6) is 0.961. The number of rotatable bonds is 6. The van der Waals surface area contributed by atoms with Crippen LogP contribution in [-0.2, 0) is 21.5 Å². The molecule has 0 saturated carbocycles. The zero-order valence-electron chi connectivity index (χ0n) is 21.5. The van der Waals surface area contributed by atoms with E-state index < -0.39 is 5.41 Å². The summed E-state index contributed by atoms with van der Waals surface area (Å²) in [4.78, 5) is 29.2. The van der Waals surface area contributed by atoms with E-state index in [9.17, 15) is 9.59 Å². The number of benzene rings is 3. The van der Waals surface area contributed by atoms with Crippen molar-refractivity contribution in [3.05, 3.63) is 94.5 Å². The Morgan fingerprint density at radius 1 is 0.921 bits per heavy atom. The average molecular weight is 530 g/mol. The third-order valence-corrected chi connectivity index (χ3v) is 8.71. The van der Waals surface area contributed by atoms with Gasteiger partial charge in [-0.2, -0.15) is 0 Å². The molecule has 6 rings (SSSR count). The van der Waals surface area contributed by atoms with Crippen molar-refractivity contribution in [3.8, 4) is 11.5 Å². The Kier molecular flexibility index (Phi) is 6.62. The number of piperidine rings is 1. The highest BCUT2D eigenvalue weighted by molar-refractivity contribution is 6.30. The summed E-state index contributed by atoms with van der Waals surface area (Å²) in [6.45, 7) is 2.75. The number of amides is 2. The lowest BCUT2D eigenvalue weighted by Crippen LogP contribution is -2.52. The molecule has 3 heterocycles. The molecule has 3 aliphatic rings. The van der Waals surface area contributed by atoms with Gasteiger partial charge in [-0.1, -0.05) is 60.1 Å². The second-order valence-corrected chi connectivity index (χ2v) is 11.3. The second kappa shape index (κ2) is 10.1. The number of ether oxygens (including phenoxy) is 1. The first kappa shape index (κ1) is 25.0. The topological polar surface area (TPSA) is 70.7 Å². The van der Waals surface area contributed by atoms with Gasteiger partial charge in [0.05, 0.1) is 6.54 Å². The molecule has 0 spiro atoms. The molecular formula is C31H32ClN3O3. The Bertz CT molecular complexity index is 1300. The fourth-order valence-electron chi connectivity index (χ4n) is 6.51. The highest BCUT2D eigenvalue weighted by Crippen LogP contribution is 2.47. The van der Waals surface area contributed by atoms with E-state index in [2.05, 4.69) is 27.7 Å². The lowest BCUT2D eigenvalue weighted by Gasteiger charge is -2.39. The first-order valence-electron chi connectivity index (χ1n) is 13.4. The molecule has 0 aromatic heterocycles. The van der Waals surface area contributed by atoms with E-state index in [1.807, 2.05) is 67.6 Å². The summed E-state index contributed by atoms with van der Waals surface area (Å²) in [5.41, 5.74) is 1.89. The molecule has 2 atom stereocenters. The predicted octanol–water partition coefficient (Wildman–Crippen LogP) is 5.18. The summed E-state index contributed by atoms with van der Waals surface area (Å²) in [6, 6.07) is 24.3. The smallest absolute Gasteiger partial charge is 0.239 e. The Morgan fingerprint density at radius 3 is 2.11 bits per heavy atom. The van der Waals surface area contributed by atoms with Crippen molar-refractivity contribution >= 4 is 23.4 Å². The number of hydrogen-bond donors (Lipinski definition) is 2. The Morgan fingerprint density at radius 2 is 1.50 bits per heavy atom. The maximum absolute atomic E-state index is 13.6. The molecule has 196 valence electrons. The average Bonchev–Trinajstić information content (AvgIpc) is 3.15. The Labute approximate surface area is 228 Å². The maximum atomic E-state index is 13.6. The van der Waals surface area contributed by atoms with Gasteiger partial charge in [-0.3, -0.25) is 14.5 Å². The minimum atomic E-state index is -0.960. The molecule has 7 heteroatoms. The summed E-state index contributed by atoms with van der Waals surface area (Å²) in [7, 11) is 0. The zero-order valence-corrected chi connectivity index (χ0v) is 22.2. The second-order valence-electron chi connectivity index (χ2n) is 10.8. The van der Waals surface area contributed by atoms with Crippen LogP contribution in [0, 0.1) is 0 Å². The van der Waals surface area contributed by atoms with Gasteiger partial charge < -0.3 is 15.4 Å². The molecule has 3 aromatic carbocycles. The largest absolute Gasteiger partial charge is 0.457 e. The van der Waals surface area contributed by atoms with Crippen molar-refractivity contribution in [1.82, 2.24) is 15.5 Å². The summed E-state index contributed by atoms with van der Waals surface area (Å²) in [6.07, 6.45) is 4.17. The van der Waals surface area contributed by atoms with E-state index in [-0.39, 0.29) is 24.4 Å². The number of para-hydroxylation sites is 2. The minimum absolute atomic E-state index is 0.0556. The fourth-order valence-corrected chi connectivity index (χ4v) is 6.64. The lowest BCUT2D eigenvalue weighted by molar-refractivity contribution is -0.129. The van der Waals surface area contributed by atoms with Crippen LogP contribution in [0.1, 0.15) is 49.3 Å². The molecule has 0 unspecified atom stereocenters. The van der Waals surface area contributed by atoms with E-state index in [0.29, 0.717) is 23.6 Å². The van der Waals surface area contributed by atoms with Crippen LogP contribution in [0.2, 0.25) is 5.02 Å².